The monoisotopic (exact) mass is 552 g/mol. The second-order valence-corrected chi connectivity index (χ2v) is 12.7. The van der Waals surface area contributed by atoms with Gasteiger partial charge in [-0.3, -0.25) is 4.90 Å². The quantitative estimate of drug-likeness (QED) is 0.492. The van der Waals surface area contributed by atoms with E-state index in [1.165, 1.54) is 5.56 Å². The lowest BCUT2D eigenvalue weighted by Gasteiger charge is -2.47. The number of nitrogens with one attached hydrogen (secondary N) is 1. The van der Waals surface area contributed by atoms with Crippen LogP contribution in [0.15, 0.2) is 24.4 Å². The number of anilines is 2. The van der Waals surface area contributed by atoms with Crippen molar-refractivity contribution >= 4 is 17.6 Å². The van der Waals surface area contributed by atoms with E-state index < -0.39 is 5.60 Å². The highest BCUT2D eigenvalue weighted by molar-refractivity contribution is 5.71. The number of aromatic nitrogens is 1. The van der Waals surface area contributed by atoms with Crippen LogP contribution in [0.5, 0.6) is 5.75 Å². The van der Waals surface area contributed by atoms with E-state index in [1.54, 1.807) is 6.07 Å². The van der Waals surface area contributed by atoms with Crippen LogP contribution in [0, 0.1) is 5.82 Å². The van der Waals surface area contributed by atoms with Crippen LogP contribution in [0.2, 0.25) is 0 Å². The fraction of sp³-hybridized carbons (Fsp3) is 0.613. The Hall–Kier alpha value is -2.91. The minimum Gasteiger partial charge on any atom is -0.481 e. The Balaban J connectivity index is 1.12. The summed E-state index contributed by atoms with van der Waals surface area (Å²) in [6.45, 7) is 12.3. The van der Waals surface area contributed by atoms with Gasteiger partial charge in [0.25, 0.3) is 0 Å². The number of ether oxygens (including phenoxy) is 3. The molecule has 1 aromatic heterocycles. The van der Waals surface area contributed by atoms with E-state index in [-0.39, 0.29) is 29.7 Å². The summed E-state index contributed by atoms with van der Waals surface area (Å²) >= 11 is 0. The highest BCUT2D eigenvalue weighted by Crippen LogP contribution is 2.45. The van der Waals surface area contributed by atoms with Crippen molar-refractivity contribution in [3.05, 3.63) is 46.9 Å². The number of carbonyl (C=O) groups excluding carboxylic acids is 1. The van der Waals surface area contributed by atoms with Crippen molar-refractivity contribution in [2.45, 2.75) is 83.0 Å². The SMILES string of the molecule is C[C@@H]1Oc2c(F)cc(C3CN(C4CCN(C(=O)OC(C)(C)C)CC4)C3)cc2Nc2nccc(C3CCOCC3)c21. The number of nitrogens with zero attached hydrogens (tertiary/aromatic N) is 3. The van der Waals surface area contributed by atoms with Crippen LogP contribution in [0.1, 0.15) is 88.0 Å². The smallest absolute Gasteiger partial charge is 0.410 e. The summed E-state index contributed by atoms with van der Waals surface area (Å²) in [7, 11) is 0. The van der Waals surface area contributed by atoms with Crippen molar-refractivity contribution in [1.29, 1.82) is 0 Å². The topological polar surface area (TPSA) is 76.2 Å². The number of hydrogen-bond donors (Lipinski definition) is 1. The summed E-state index contributed by atoms with van der Waals surface area (Å²) in [6, 6.07) is 6.19. The third-order valence-corrected chi connectivity index (χ3v) is 8.72. The van der Waals surface area contributed by atoms with Gasteiger partial charge in [-0.2, -0.15) is 0 Å². The molecule has 3 saturated heterocycles. The molecule has 0 spiro atoms. The van der Waals surface area contributed by atoms with E-state index in [9.17, 15) is 4.79 Å². The fourth-order valence-electron chi connectivity index (χ4n) is 6.57. The van der Waals surface area contributed by atoms with Gasteiger partial charge in [0.05, 0.1) is 5.69 Å². The summed E-state index contributed by atoms with van der Waals surface area (Å²) in [5.74, 6) is 1.32. The Morgan fingerprint density at radius 3 is 2.52 bits per heavy atom. The number of likely N-dealkylation sites (tertiary alicyclic amines) is 2. The minimum atomic E-state index is -0.481. The van der Waals surface area contributed by atoms with Crippen LogP contribution >= 0.6 is 0 Å². The lowest BCUT2D eigenvalue weighted by molar-refractivity contribution is 0.00589. The summed E-state index contributed by atoms with van der Waals surface area (Å²) in [5, 5.41) is 3.43. The van der Waals surface area contributed by atoms with E-state index in [1.807, 2.05) is 44.9 Å². The van der Waals surface area contributed by atoms with Gasteiger partial charge in [0.2, 0.25) is 0 Å². The first-order chi connectivity index (χ1) is 19.2. The number of fused-ring (bicyclic) bond motifs is 2. The molecule has 0 saturated carbocycles. The molecule has 0 radical (unpaired) electrons. The zero-order valence-corrected chi connectivity index (χ0v) is 24.0. The minimum absolute atomic E-state index is 0.229. The summed E-state index contributed by atoms with van der Waals surface area (Å²) in [5.41, 5.74) is 3.37. The lowest BCUT2D eigenvalue weighted by atomic mass is 9.87. The van der Waals surface area contributed by atoms with Crippen molar-refractivity contribution in [1.82, 2.24) is 14.8 Å². The molecule has 2 aromatic rings. The Morgan fingerprint density at radius 2 is 1.82 bits per heavy atom. The third-order valence-electron chi connectivity index (χ3n) is 8.72. The van der Waals surface area contributed by atoms with Gasteiger partial charge in [0, 0.05) is 63.1 Å². The van der Waals surface area contributed by atoms with Crippen molar-refractivity contribution in [2.24, 2.45) is 0 Å². The first-order valence-electron chi connectivity index (χ1n) is 14.7. The highest BCUT2D eigenvalue weighted by atomic mass is 19.1. The second kappa shape index (κ2) is 10.8. The van der Waals surface area contributed by atoms with Crippen LogP contribution in [0.25, 0.3) is 0 Å². The average Bonchev–Trinajstić information content (AvgIpc) is 3.04. The molecule has 1 atom stereocenters. The van der Waals surface area contributed by atoms with Crippen molar-refractivity contribution < 1.29 is 23.4 Å². The predicted molar refractivity (Wildman–Crippen MR) is 151 cm³/mol. The van der Waals surface area contributed by atoms with Crippen LogP contribution in [0.4, 0.5) is 20.7 Å². The maximum Gasteiger partial charge on any atom is 0.410 e. The lowest BCUT2D eigenvalue weighted by Crippen LogP contribution is -2.55. The number of carbonyl (C=O) groups is 1. The number of pyridine rings is 1. The summed E-state index contributed by atoms with van der Waals surface area (Å²) in [4.78, 5) is 21.3. The molecule has 0 aliphatic carbocycles. The summed E-state index contributed by atoms with van der Waals surface area (Å²) < 4.78 is 32.9. The molecule has 1 aromatic carbocycles. The standard InChI is InChI=1S/C31H41FN4O4/c1-19-27-24(20-8-13-38-14-9-20)5-10-33-29(27)34-26-16-21(15-25(32)28(26)39-19)22-17-36(18-22)23-6-11-35(12-7-23)30(37)40-31(2,3)4/h5,10,15-16,19-20,22-23H,6-9,11-14,17-18H2,1-4H3,(H,33,34)/t19-/m0/s1. The van der Waals surface area contributed by atoms with E-state index >= 15 is 4.39 Å². The van der Waals surface area contributed by atoms with E-state index in [0.29, 0.717) is 30.7 Å². The predicted octanol–water partition coefficient (Wildman–Crippen LogP) is 6.11. The first-order valence-corrected chi connectivity index (χ1v) is 14.7. The Morgan fingerprint density at radius 1 is 1.10 bits per heavy atom. The number of piperidine rings is 1. The molecule has 216 valence electrons. The van der Waals surface area contributed by atoms with E-state index in [2.05, 4.69) is 21.3 Å². The molecular weight excluding hydrogens is 511 g/mol. The largest absolute Gasteiger partial charge is 0.481 e. The van der Waals surface area contributed by atoms with Crippen molar-refractivity contribution in [3.63, 3.8) is 0 Å². The van der Waals surface area contributed by atoms with Crippen molar-refractivity contribution in [3.8, 4) is 5.75 Å². The van der Waals surface area contributed by atoms with Crippen LogP contribution in [-0.2, 0) is 9.47 Å². The fourth-order valence-corrected chi connectivity index (χ4v) is 6.57. The Kier molecular flexibility index (Phi) is 7.38. The molecule has 1 N–H and O–H groups in total. The molecule has 6 rings (SSSR count). The van der Waals surface area contributed by atoms with Gasteiger partial charge < -0.3 is 24.4 Å². The Bertz CT molecular complexity index is 1240. The van der Waals surface area contributed by atoms with E-state index in [4.69, 9.17) is 14.2 Å². The second-order valence-electron chi connectivity index (χ2n) is 12.7. The molecule has 5 heterocycles. The molecule has 4 aliphatic heterocycles. The molecule has 4 aliphatic rings. The molecule has 1 amide bonds. The van der Waals surface area contributed by atoms with Crippen LogP contribution < -0.4 is 10.1 Å². The van der Waals surface area contributed by atoms with Gasteiger partial charge in [0.15, 0.2) is 11.6 Å². The molecule has 0 unspecified atom stereocenters. The van der Waals surface area contributed by atoms with Crippen molar-refractivity contribution in [2.75, 3.05) is 44.7 Å². The number of halogens is 1. The average molecular weight is 553 g/mol. The number of amides is 1. The maximum atomic E-state index is 15.5. The normalized spacial score (nSPS) is 22.8. The summed E-state index contributed by atoms with van der Waals surface area (Å²) in [6.07, 6.45) is 5.08. The molecule has 9 heteroatoms. The zero-order valence-electron chi connectivity index (χ0n) is 24.0. The van der Waals surface area contributed by atoms with Crippen LogP contribution in [0.3, 0.4) is 0 Å². The number of hydrogen-bond acceptors (Lipinski definition) is 7. The molecular formula is C31H41FN4O4. The number of rotatable bonds is 3. The highest BCUT2D eigenvalue weighted by Gasteiger charge is 2.37. The van der Waals surface area contributed by atoms with Gasteiger partial charge in [-0.1, -0.05) is 0 Å². The van der Waals surface area contributed by atoms with E-state index in [0.717, 1.165) is 68.9 Å². The Labute approximate surface area is 236 Å². The van der Waals surface area contributed by atoms with Gasteiger partial charge >= 0.3 is 6.09 Å². The molecule has 0 bridgehead atoms. The van der Waals surface area contributed by atoms with Gasteiger partial charge in [-0.15, -0.1) is 0 Å². The number of benzene rings is 1. The van der Waals surface area contributed by atoms with Crippen LogP contribution in [-0.4, -0.2) is 71.9 Å². The first kappa shape index (κ1) is 27.3. The van der Waals surface area contributed by atoms with Gasteiger partial charge in [0.1, 0.15) is 17.5 Å². The molecule has 3 fully saturated rings. The molecule has 40 heavy (non-hydrogen) atoms. The van der Waals surface area contributed by atoms with Gasteiger partial charge in [-0.25, -0.2) is 14.2 Å². The third kappa shape index (κ3) is 5.50. The zero-order chi connectivity index (χ0) is 28.0. The van der Waals surface area contributed by atoms with Gasteiger partial charge in [-0.05, 0) is 88.6 Å². The maximum absolute atomic E-state index is 15.5. The molecule has 8 nitrogen and oxygen atoms in total.